The summed E-state index contributed by atoms with van der Waals surface area (Å²) in [5, 5.41) is 21.0. The van der Waals surface area contributed by atoms with Crippen LogP contribution < -0.4 is 0 Å². The van der Waals surface area contributed by atoms with Gasteiger partial charge in [0.1, 0.15) is 5.75 Å². The fraction of sp³-hybridized carbons (Fsp3) is 0.556. The van der Waals surface area contributed by atoms with Crippen molar-refractivity contribution in [2.45, 2.75) is 51.0 Å². The van der Waals surface area contributed by atoms with Crippen molar-refractivity contribution in [3.63, 3.8) is 0 Å². The molecule has 0 amide bonds. The van der Waals surface area contributed by atoms with Gasteiger partial charge in [0, 0.05) is 16.9 Å². The van der Waals surface area contributed by atoms with Crippen LogP contribution in [0, 0.1) is 11.3 Å². The Labute approximate surface area is 130 Å². The van der Waals surface area contributed by atoms with Gasteiger partial charge in [-0.3, -0.25) is 0 Å². The van der Waals surface area contributed by atoms with Crippen molar-refractivity contribution < 1.29 is 10.2 Å². The largest absolute Gasteiger partial charge is 0.508 e. The van der Waals surface area contributed by atoms with Gasteiger partial charge in [0.2, 0.25) is 0 Å². The van der Waals surface area contributed by atoms with Gasteiger partial charge in [0.15, 0.2) is 0 Å². The molecule has 3 heteroatoms. The monoisotopic (exact) mass is 304 g/mol. The van der Waals surface area contributed by atoms with Gasteiger partial charge in [0.25, 0.3) is 0 Å². The van der Waals surface area contributed by atoms with Crippen LogP contribution in [0.5, 0.6) is 5.75 Å². The topological polar surface area (TPSA) is 40.5 Å². The maximum atomic E-state index is 10.4. The molecule has 2 N–H and O–H groups in total. The van der Waals surface area contributed by atoms with Gasteiger partial charge in [0.05, 0.1) is 6.10 Å². The molecular formula is C18H21ClO2. The fourth-order valence-electron chi connectivity index (χ4n) is 4.98. The number of phenolic OH excluding ortho intramolecular Hbond substituents is 1. The molecule has 3 aliphatic rings. The highest BCUT2D eigenvalue weighted by Crippen LogP contribution is 2.60. The lowest BCUT2D eigenvalue weighted by Gasteiger charge is -2.47. The van der Waals surface area contributed by atoms with Crippen LogP contribution in [-0.4, -0.2) is 16.3 Å². The number of fused-ring (bicyclic) bond motifs is 5. The van der Waals surface area contributed by atoms with Crippen LogP contribution in [0.15, 0.2) is 28.8 Å². The van der Waals surface area contributed by atoms with Crippen molar-refractivity contribution in [2.24, 2.45) is 11.3 Å². The number of hydrogen-bond acceptors (Lipinski definition) is 2. The molecule has 4 atom stereocenters. The first-order valence-corrected chi connectivity index (χ1v) is 8.27. The first kappa shape index (κ1) is 13.7. The Kier molecular flexibility index (Phi) is 2.93. The number of hydrogen-bond donors (Lipinski definition) is 2. The number of rotatable bonds is 0. The van der Waals surface area contributed by atoms with E-state index in [4.69, 9.17) is 11.6 Å². The number of halogens is 1. The molecule has 0 saturated heterocycles. The van der Waals surface area contributed by atoms with Crippen molar-refractivity contribution >= 4 is 11.6 Å². The zero-order chi connectivity index (χ0) is 14.8. The van der Waals surface area contributed by atoms with Crippen molar-refractivity contribution in [2.75, 3.05) is 0 Å². The normalized spacial score (nSPS) is 38.0. The van der Waals surface area contributed by atoms with Gasteiger partial charge in [-0.05, 0) is 66.4 Å². The summed E-state index contributed by atoms with van der Waals surface area (Å²) in [6.45, 7) is 2.19. The SMILES string of the molecule is C[C@]12CC[C@@H]3c4ccc(O)cc4CC[C@H]3C1=C(Cl)C[C@@H]2O. The predicted octanol–water partition coefficient (Wildman–Crippen LogP) is 4.10. The van der Waals surface area contributed by atoms with Crippen LogP contribution in [-0.2, 0) is 6.42 Å². The average molecular weight is 305 g/mol. The lowest BCUT2D eigenvalue weighted by Crippen LogP contribution is -2.40. The predicted molar refractivity (Wildman–Crippen MR) is 83.5 cm³/mol. The van der Waals surface area contributed by atoms with Crippen LogP contribution >= 0.6 is 11.6 Å². The second kappa shape index (κ2) is 4.50. The summed E-state index contributed by atoms with van der Waals surface area (Å²) >= 11 is 6.52. The molecule has 0 bridgehead atoms. The highest BCUT2D eigenvalue weighted by molar-refractivity contribution is 6.30. The quantitative estimate of drug-likeness (QED) is 0.757. The summed E-state index contributed by atoms with van der Waals surface area (Å²) in [6, 6.07) is 5.80. The van der Waals surface area contributed by atoms with Gasteiger partial charge in [-0.1, -0.05) is 24.6 Å². The highest BCUT2D eigenvalue weighted by atomic mass is 35.5. The van der Waals surface area contributed by atoms with Crippen LogP contribution in [0.3, 0.4) is 0 Å². The minimum atomic E-state index is -0.317. The third-order valence-corrected chi connectivity index (χ3v) is 6.46. The van der Waals surface area contributed by atoms with E-state index in [0.29, 0.717) is 24.0 Å². The Morgan fingerprint density at radius 1 is 1.24 bits per heavy atom. The maximum Gasteiger partial charge on any atom is 0.115 e. The van der Waals surface area contributed by atoms with E-state index in [0.717, 1.165) is 30.7 Å². The number of phenols is 1. The zero-order valence-corrected chi connectivity index (χ0v) is 13.0. The molecule has 1 aromatic carbocycles. The van der Waals surface area contributed by atoms with Crippen molar-refractivity contribution in [3.8, 4) is 5.75 Å². The number of aromatic hydroxyl groups is 1. The van der Waals surface area contributed by atoms with E-state index < -0.39 is 0 Å². The molecule has 1 aromatic rings. The highest BCUT2D eigenvalue weighted by Gasteiger charge is 2.52. The minimum absolute atomic E-state index is 0.118. The Balaban J connectivity index is 1.79. The molecule has 0 spiro atoms. The number of aryl methyl sites for hydroxylation is 1. The molecule has 21 heavy (non-hydrogen) atoms. The molecule has 4 rings (SSSR count). The molecule has 0 unspecified atom stereocenters. The van der Waals surface area contributed by atoms with Crippen LogP contribution in [0.1, 0.15) is 49.7 Å². The summed E-state index contributed by atoms with van der Waals surface area (Å²) in [5.41, 5.74) is 3.87. The second-order valence-corrected chi connectivity index (χ2v) is 7.59. The van der Waals surface area contributed by atoms with E-state index in [9.17, 15) is 10.2 Å². The zero-order valence-electron chi connectivity index (χ0n) is 12.3. The van der Waals surface area contributed by atoms with Crippen molar-refractivity contribution in [3.05, 3.63) is 39.9 Å². The number of aliphatic hydroxyl groups is 1. The molecule has 0 aromatic heterocycles. The third kappa shape index (κ3) is 1.82. The molecule has 0 aliphatic heterocycles. The van der Waals surface area contributed by atoms with E-state index >= 15 is 0 Å². The third-order valence-electron chi connectivity index (χ3n) is 6.10. The second-order valence-electron chi connectivity index (χ2n) is 7.13. The molecule has 3 aliphatic carbocycles. The smallest absolute Gasteiger partial charge is 0.115 e. The molecule has 1 saturated carbocycles. The molecule has 0 heterocycles. The van der Waals surface area contributed by atoms with Gasteiger partial charge in [-0.15, -0.1) is 0 Å². The molecule has 112 valence electrons. The Morgan fingerprint density at radius 2 is 2.05 bits per heavy atom. The summed E-state index contributed by atoms with van der Waals surface area (Å²) in [6.07, 6.45) is 4.48. The van der Waals surface area contributed by atoms with E-state index in [1.165, 1.54) is 16.7 Å². The molecule has 1 fully saturated rings. The van der Waals surface area contributed by atoms with Gasteiger partial charge >= 0.3 is 0 Å². The van der Waals surface area contributed by atoms with Crippen molar-refractivity contribution in [1.29, 1.82) is 0 Å². The Bertz CT molecular complexity index is 636. The van der Waals surface area contributed by atoms with Gasteiger partial charge in [-0.25, -0.2) is 0 Å². The first-order valence-electron chi connectivity index (χ1n) is 7.89. The number of benzene rings is 1. The van der Waals surface area contributed by atoms with Crippen molar-refractivity contribution in [1.82, 2.24) is 0 Å². The van der Waals surface area contributed by atoms with E-state index in [-0.39, 0.29) is 11.5 Å². The van der Waals surface area contributed by atoms with E-state index in [1.54, 1.807) is 6.07 Å². The standard InChI is InChI=1S/C18H21ClO2/c1-18-7-6-13-12-5-3-11(20)8-10(12)2-4-14(13)17(18)15(19)9-16(18)21/h3,5,8,13-14,16,20-21H,2,4,6-7,9H2,1H3/t13-,14-,16+,18-/m1/s1. The lowest BCUT2D eigenvalue weighted by atomic mass is 9.58. The van der Waals surface area contributed by atoms with Crippen LogP contribution in [0.4, 0.5) is 0 Å². The Morgan fingerprint density at radius 3 is 2.86 bits per heavy atom. The minimum Gasteiger partial charge on any atom is -0.508 e. The fourth-order valence-corrected chi connectivity index (χ4v) is 5.48. The molecular weight excluding hydrogens is 284 g/mol. The first-order chi connectivity index (χ1) is 10.0. The van der Waals surface area contributed by atoms with E-state index in [1.807, 2.05) is 6.07 Å². The molecule has 2 nitrogen and oxygen atoms in total. The molecule has 0 radical (unpaired) electrons. The summed E-state index contributed by atoms with van der Waals surface area (Å²) in [7, 11) is 0. The van der Waals surface area contributed by atoms with E-state index in [2.05, 4.69) is 13.0 Å². The van der Waals surface area contributed by atoms with Gasteiger partial charge in [-0.2, -0.15) is 0 Å². The lowest BCUT2D eigenvalue weighted by molar-refractivity contribution is 0.0470. The maximum absolute atomic E-state index is 10.4. The summed E-state index contributed by atoms with van der Waals surface area (Å²) in [4.78, 5) is 0. The van der Waals surface area contributed by atoms with Crippen LogP contribution in [0.2, 0.25) is 0 Å². The van der Waals surface area contributed by atoms with Gasteiger partial charge < -0.3 is 10.2 Å². The number of aliphatic hydroxyl groups excluding tert-OH is 1. The summed E-state index contributed by atoms with van der Waals surface area (Å²) < 4.78 is 0. The summed E-state index contributed by atoms with van der Waals surface area (Å²) in [5.74, 6) is 1.32. The average Bonchev–Trinajstić information content (AvgIpc) is 2.68. The Hall–Kier alpha value is -0.990. The van der Waals surface area contributed by atoms with Crippen LogP contribution in [0.25, 0.3) is 0 Å².